The van der Waals surface area contributed by atoms with Crippen molar-refractivity contribution in [2.24, 2.45) is 0 Å². The summed E-state index contributed by atoms with van der Waals surface area (Å²) in [4.78, 5) is 11.7. The predicted octanol–water partition coefficient (Wildman–Crippen LogP) is 3.93. The molecule has 0 atom stereocenters. The van der Waals surface area contributed by atoms with Gasteiger partial charge in [-0.2, -0.15) is 0 Å². The number of urea groups is 1. The van der Waals surface area contributed by atoms with Gasteiger partial charge in [0.05, 0.1) is 7.11 Å². The van der Waals surface area contributed by atoms with Gasteiger partial charge in [0.15, 0.2) is 0 Å². The van der Waals surface area contributed by atoms with E-state index in [-0.39, 0.29) is 6.03 Å². The minimum Gasteiger partial charge on any atom is -0.497 e. The first-order valence-corrected chi connectivity index (χ1v) is 7.56. The van der Waals surface area contributed by atoms with Crippen molar-refractivity contribution in [1.82, 2.24) is 10.6 Å². The SMILES string of the molecule is COc1cccc(CNC(=O)N/C=C/c2ccc(Br)cc2)c1. The number of carbonyl (C=O) groups excluding carboxylic acids is 1. The maximum atomic E-state index is 11.7. The molecule has 0 bridgehead atoms. The van der Waals surface area contributed by atoms with Crippen LogP contribution >= 0.6 is 15.9 Å². The summed E-state index contributed by atoms with van der Waals surface area (Å²) in [5.74, 6) is 0.773. The van der Waals surface area contributed by atoms with E-state index in [1.165, 1.54) is 0 Å². The third-order valence-corrected chi connectivity index (χ3v) is 3.48. The second-order valence-electron chi connectivity index (χ2n) is 4.56. The molecule has 0 aliphatic rings. The van der Waals surface area contributed by atoms with Crippen LogP contribution in [0, 0.1) is 0 Å². The van der Waals surface area contributed by atoms with Gasteiger partial charge in [0.2, 0.25) is 0 Å². The van der Waals surface area contributed by atoms with E-state index < -0.39 is 0 Å². The summed E-state index contributed by atoms with van der Waals surface area (Å²) >= 11 is 3.38. The summed E-state index contributed by atoms with van der Waals surface area (Å²) in [5.41, 5.74) is 1.99. The molecule has 2 aromatic carbocycles. The summed E-state index contributed by atoms with van der Waals surface area (Å²) in [7, 11) is 1.62. The van der Waals surface area contributed by atoms with Crippen molar-refractivity contribution in [2.45, 2.75) is 6.54 Å². The Morgan fingerprint density at radius 1 is 1.23 bits per heavy atom. The quantitative estimate of drug-likeness (QED) is 0.848. The van der Waals surface area contributed by atoms with Crippen LogP contribution in [0.15, 0.2) is 59.2 Å². The van der Waals surface area contributed by atoms with E-state index in [9.17, 15) is 4.79 Å². The van der Waals surface area contributed by atoms with E-state index in [4.69, 9.17) is 4.74 Å². The standard InChI is InChI=1S/C17H17BrN2O2/c1-22-16-4-2-3-14(11-16)12-20-17(21)19-10-9-13-5-7-15(18)8-6-13/h2-11H,12H2,1H3,(H2,19,20,21)/b10-9+. The molecule has 0 aliphatic carbocycles. The monoisotopic (exact) mass is 360 g/mol. The molecule has 0 saturated heterocycles. The fourth-order valence-electron chi connectivity index (χ4n) is 1.80. The number of hydrogen-bond acceptors (Lipinski definition) is 2. The largest absolute Gasteiger partial charge is 0.497 e. The Morgan fingerprint density at radius 3 is 2.73 bits per heavy atom. The van der Waals surface area contributed by atoms with Gasteiger partial charge in [-0.1, -0.05) is 40.2 Å². The summed E-state index contributed by atoms with van der Waals surface area (Å²) in [6.07, 6.45) is 3.45. The van der Waals surface area contributed by atoms with Gasteiger partial charge in [-0.25, -0.2) is 4.79 Å². The lowest BCUT2D eigenvalue weighted by Gasteiger charge is -2.06. The van der Waals surface area contributed by atoms with Gasteiger partial charge in [-0.15, -0.1) is 0 Å². The van der Waals surface area contributed by atoms with Crippen molar-refractivity contribution in [3.05, 3.63) is 70.3 Å². The first-order valence-electron chi connectivity index (χ1n) is 6.77. The lowest BCUT2D eigenvalue weighted by Crippen LogP contribution is -2.31. The second kappa shape index (κ2) is 8.24. The van der Waals surface area contributed by atoms with E-state index in [1.54, 1.807) is 13.3 Å². The fraction of sp³-hybridized carbons (Fsp3) is 0.118. The maximum absolute atomic E-state index is 11.7. The van der Waals surface area contributed by atoms with Gasteiger partial charge in [0.1, 0.15) is 5.75 Å². The molecular weight excluding hydrogens is 344 g/mol. The zero-order valence-electron chi connectivity index (χ0n) is 12.2. The van der Waals surface area contributed by atoms with E-state index in [2.05, 4.69) is 26.6 Å². The molecule has 4 nitrogen and oxygen atoms in total. The highest BCUT2D eigenvalue weighted by molar-refractivity contribution is 9.10. The highest BCUT2D eigenvalue weighted by Gasteiger charge is 1.99. The smallest absolute Gasteiger partial charge is 0.319 e. The first kappa shape index (κ1) is 16.1. The van der Waals surface area contributed by atoms with Crippen molar-refractivity contribution in [2.75, 3.05) is 7.11 Å². The average Bonchev–Trinajstić information content (AvgIpc) is 2.55. The Kier molecular flexibility index (Phi) is 6.03. The summed E-state index contributed by atoms with van der Waals surface area (Å²) < 4.78 is 6.16. The maximum Gasteiger partial charge on any atom is 0.319 e. The van der Waals surface area contributed by atoms with Crippen LogP contribution in [0.5, 0.6) is 5.75 Å². The molecule has 0 aliphatic heterocycles. The molecule has 2 aromatic rings. The minimum atomic E-state index is -0.254. The zero-order chi connectivity index (χ0) is 15.8. The van der Waals surface area contributed by atoms with Crippen molar-refractivity contribution < 1.29 is 9.53 Å². The number of methoxy groups -OCH3 is 1. The number of ether oxygens (including phenoxy) is 1. The molecule has 0 saturated carbocycles. The molecule has 2 N–H and O–H groups in total. The van der Waals surface area contributed by atoms with Gasteiger partial charge in [-0.05, 0) is 41.5 Å². The number of halogens is 1. The lowest BCUT2D eigenvalue weighted by molar-refractivity contribution is 0.244. The first-order chi connectivity index (χ1) is 10.7. The second-order valence-corrected chi connectivity index (χ2v) is 5.48. The number of rotatable bonds is 5. The van der Waals surface area contributed by atoms with Crippen molar-refractivity contribution in [3.8, 4) is 5.75 Å². The number of amides is 2. The van der Waals surface area contributed by atoms with Crippen LogP contribution in [0.3, 0.4) is 0 Å². The molecule has 22 heavy (non-hydrogen) atoms. The molecule has 0 fully saturated rings. The normalized spacial score (nSPS) is 10.5. The molecule has 0 radical (unpaired) electrons. The molecule has 0 aromatic heterocycles. The number of hydrogen-bond donors (Lipinski definition) is 2. The topological polar surface area (TPSA) is 50.4 Å². The van der Waals surface area contributed by atoms with E-state index in [0.29, 0.717) is 6.54 Å². The third kappa shape index (κ3) is 5.26. The van der Waals surface area contributed by atoms with Crippen LogP contribution in [0.1, 0.15) is 11.1 Å². The van der Waals surface area contributed by atoms with Crippen LogP contribution in [-0.2, 0) is 6.54 Å². The lowest BCUT2D eigenvalue weighted by atomic mass is 10.2. The average molecular weight is 361 g/mol. The molecule has 2 rings (SSSR count). The molecule has 2 amide bonds. The van der Waals surface area contributed by atoms with Crippen LogP contribution in [0.25, 0.3) is 6.08 Å². The Morgan fingerprint density at radius 2 is 2.00 bits per heavy atom. The number of benzene rings is 2. The Labute approximate surface area is 138 Å². The Hall–Kier alpha value is -2.27. The van der Waals surface area contributed by atoms with Crippen LogP contribution in [-0.4, -0.2) is 13.1 Å². The minimum absolute atomic E-state index is 0.254. The van der Waals surface area contributed by atoms with Gasteiger partial charge in [0.25, 0.3) is 0 Å². The van der Waals surface area contributed by atoms with Crippen molar-refractivity contribution in [3.63, 3.8) is 0 Å². The summed E-state index contributed by atoms with van der Waals surface area (Å²) in [5, 5.41) is 5.45. The summed E-state index contributed by atoms with van der Waals surface area (Å²) in [6, 6.07) is 15.1. The molecular formula is C17H17BrN2O2. The molecule has 5 heteroatoms. The molecule has 0 spiro atoms. The molecule has 0 heterocycles. The van der Waals surface area contributed by atoms with Crippen LogP contribution in [0.2, 0.25) is 0 Å². The third-order valence-electron chi connectivity index (χ3n) is 2.95. The number of carbonyl (C=O) groups is 1. The van der Waals surface area contributed by atoms with Crippen molar-refractivity contribution >= 4 is 28.0 Å². The summed E-state index contributed by atoms with van der Waals surface area (Å²) in [6.45, 7) is 0.440. The van der Waals surface area contributed by atoms with Crippen LogP contribution < -0.4 is 15.4 Å². The molecule has 0 unspecified atom stereocenters. The number of nitrogens with one attached hydrogen (secondary N) is 2. The van der Waals surface area contributed by atoms with E-state index in [0.717, 1.165) is 21.3 Å². The molecule has 114 valence electrons. The van der Waals surface area contributed by atoms with E-state index >= 15 is 0 Å². The van der Waals surface area contributed by atoms with Crippen molar-refractivity contribution in [1.29, 1.82) is 0 Å². The highest BCUT2D eigenvalue weighted by atomic mass is 79.9. The van der Waals surface area contributed by atoms with Crippen LogP contribution in [0.4, 0.5) is 4.79 Å². The van der Waals surface area contributed by atoms with Gasteiger partial charge in [0, 0.05) is 17.2 Å². The predicted molar refractivity (Wildman–Crippen MR) is 91.5 cm³/mol. The zero-order valence-corrected chi connectivity index (χ0v) is 13.8. The highest BCUT2D eigenvalue weighted by Crippen LogP contribution is 2.12. The fourth-order valence-corrected chi connectivity index (χ4v) is 2.07. The van der Waals surface area contributed by atoms with E-state index in [1.807, 2.05) is 54.6 Å². The Bertz CT molecular complexity index is 654. The van der Waals surface area contributed by atoms with Gasteiger partial charge < -0.3 is 15.4 Å². The Balaban J connectivity index is 1.79. The van der Waals surface area contributed by atoms with Gasteiger partial charge in [-0.3, -0.25) is 0 Å². The van der Waals surface area contributed by atoms with Gasteiger partial charge >= 0.3 is 6.03 Å².